The number of H-pyrrole nitrogens is 2. The molecule has 4 aromatic carbocycles. The predicted octanol–water partition coefficient (Wildman–Crippen LogP) is 12.8. The molecule has 0 saturated heterocycles. The summed E-state index contributed by atoms with van der Waals surface area (Å²) in [5.41, 5.74) is 15.6. The Hall–Kier alpha value is -5.56. The van der Waals surface area contributed by atoms with Gasteiger partial charge in [-0.3, -0.25) is 0 Å². The van der Waals surface area contributed by atoms with Crippen molar-refractivity contribution in [2.75, 3.05) is 0 Å². The minimum absolute atomic E-state index is 0.815. The average Bonchev–Trinajstić information content (AvgIpc) is 3.99. The van der Waals surface area contributed by atoms with Gasteiger partial charge in [0.1, 0.15) is 0 Å². The SMILES string of the molecule is BrC1=C(Br)c2nc1c(-c1ccccc1)c1nc(c(-c3ccccc3)c3ccc([nH]3)c(-c3ccccc3)c3ccc([nH]3)c2-c2ccccc2)C=C1. The Labute approximate surface area is 306 Å². The zero-order valence-electron chi connectivity index (χ0n) is 26.7. The van der Waals surface area contributed by atoms with Crippen molar-refractivity contribution in [2.45, 2.75) is 0 Å². The Morgan fingerprint density at radius 3 is 1.16 bits per heavy atom. The second-order valence-corrected chi connectivity index (χ2v) is 13.8. The summed E-state index contributed by atoms with van der Waals surface area (Å²) in [7, 11) is 0. The molecule has 50 heavy (non-hydrogen) atoms. The first kappa shape index (κ1) is 30.5. The molecule has 2 N–H and O–H groups in total. The van der Waals surface area contributed by atoms with Crippen LogP contribution in [-0.4, -0.2) is 19.9 Å². The van der Waals surface area contributed by atoms with Gasteiger partial charge in [-0.1, -0.05) is 121 Å². The maximum Gasteiger partial charge on any atom is 0.0892 e. The number of benzene rings is 4. The molecule has 0 unspecified atom stereocenters. The van der Waals surface area contributed by atoms with Crippen LogP contribution in [0.4, 0.5) is 0 Å². The van der Waals surface area contributed by atoms with Crippen LogP contribution in [-0.2, 0) is 0 Å². The Kier molecular flexibility index (Phi) is 7.76. The molecular formula is C44H28Br2N4. The number of hydrogen-bond acceptors (Lipinski definition) is 2. The van der Waals surface area contributed by atoms with E-state index in [4.69, 9.17) is 9.97 Å². The van der Waals surface area contributed by atoms with Gasteiger partial charge in [-0.25, -0.2) is 9.97 Å². The van der Waals surface area contributed by atoms with Gasteiger partial charge < -0.3 is 9.97 Å². The zero-order chi connectivity index (χ0) is 33.6. The minimum Gasteiger partial charge on any atom is -0.354 e. The van der Waals surface area contributed by atoms with Crippen molar-refractivity contribution in [3.05, 3.63) is 168 Å². The fraction of sp³-hybridized carbons (Fsp3) is 0. The first-order valence-electron chi connectivity index (χ1n) is 16.4. The number of aromatic nitrogens is 4. The van der Waals surface area contributed by atoms with Gasteiger partial charge >= 0.3 is 0 Å². The van der Waals surface area contributed by atoms with E-state index < -0.39 is 0 Å². The molecule has 0 atom stereocenters. The number of fused-ring (bicyclic) bond motifs is 8. The van der Waals surface area contributed by atoms with Gasteiger partial charge in [-0.15, -0.1) is 0 Å². The van der Waals surface area contributed by atoms with Gasteiger partial charge in [0, 0.05) is 44.3 Å². The smallest absolute Gasteiger partial charge is 0.0892 e. The van der Waals surface area contributed by atoms with Crippen molar-refractivity contribution in [3.8, 4) is 44.5 Å². The van der Waals surface area contributed by atoms with E-state index in [-0.39, 0.29) is 0 Å². The number of nitrogens with one attached hydrogen (secondary N) is 2. The largest absolute Gasteiger partial charge is 0.354 e. The molecular weight excluding hydrogens is 744 g/mol. The Morgan fingerprint density at radius 2 is 0.680 bits per heavy atom. The van der Waals surface area contributed by atoms with Crippen LogP contribution in [0, 0.1) is 0 Å². The van der Waals surface area contributed by atoms with Gasteiger partial charge in [0.2, 0.25) is 0 Å². The number of hydrogen-bond donors (Lipinski definition) is 2. The summed E-state index contributed by atoms with van der Waals surface area (Å²) >= 11 is 7.95. The standard InChI is InChI=1S/C44H28Br2N4/c45-41-42(46)44-40(30-19-11-4-12-20-30)36-26-24-34(49-36)38(28-15-7-2-8-16-28)32-22-21-31(47-32)37(27-13-5-1-6-14-27)33-23-25-35(48-33)39(43(41)50-44)29-17-9-3-10-18-29/h1-26,47-48H. The topological polar surface area (TPSA) is 57.4 Å². The molecule has 5 heterocycles. The fourth-order valence-corrected chi connectivity index (χ4v) is 7.86. The highest BCUT2D eigenvalue weighted by molar-refractivity contribution is 9.18. The fourth-order valence-electron chi connectivity index (χ4n) is 6.91. The molecule has 8 bridgehead atoms. The molecule has 0 radical (unpaired) electrons. The number of halogens is 2. The predicted molar refractivity (Wildman–Crippen MR) is 216 cm³/mol. The number of nitrogens with zero attached hydrogens (tertiary/aromatic N) is 2. The Balaban J connectivity index is 1.52. The molecule has 3 aromatic heterocycles. The minimum atomic E-state index is 0.815. The third kappa shape index (κ3) is 5.28. The summed E-state index contributed by atoms with van der Waals surface area (Å²) < 4.78 is 1.75. The van der Waals surface area contributed by atoms with Crippen LogP contribution in [0.25, 0.3) is 87.7 Å². The van der Waals surface area contributed by atoms with Crippen molar-refractivity contribution >= 4 is 75.0 Å². The average molecular weight is 773 g/mol. The lowest BCUT2D eigenvalue weighted by Crippen LogP contribution is -1.91. The summed E-state index contributed by atoms with van der Waals surface area (Å²) in [4.78, 5) is 18.5. The summed E-state index contributed by atoms with van der Waals surface area (Å²) in [6, 6.07) is 50.5. The first-order valence-corrected chi connectivity index (χ1v) is 18.0. The normalized spacial score (nSPS) is 12.4. The highest BCUT2D eigenvalue weighted by Crippen LogP contribution is 2.47. The summed E-state index contributed by atoms with van der Waals surface area (Å²) in [5, 5.41) is 0. The molecule has 2 aliphatic rings. The van der Waals surface area contributed by atoms with Crippen LogP contribution in [0.5, 0.6) is 0 Å². The van der Waals surface area contributed by atoms with Crippen molar-refractivity contribution in [1.82, 2.24) is 19.9 Å². The summed E-state index contributed by atoms with van der Waals surface area (Å²) in [6.07, 6.45) is 4.23. The molecule has 0 saturated carbocycles. The van der Waals surface area contributed by atoms with Gasteiger partial charge in [0.25, 0.3) is 0 Å². The van der Waals surface area contributed by atoms with Crippen molar-refractivity contribution in [3.63, 3.8) is 0 Å². The highest BCUT2D eigenvalue weighted by Gasteiger charge is 2.26. The van der Waals surface area contributed by atoms with E-state index in [2.05, 4.69) is 181 Å². The molecule has 0 fully saturated rings. The Bertz CT molecular complexity index is 2640. The molecule has 6 heteroatoms. The van der Waals surface area contributed by atoms with Gasteiger partial charge in [0.15, 0.2) is 0 Å². The molecule has 238 valence electrons. The first-order chi connectivity index (χ1) is 24.6. The molecule has 0 amide bonds. The van der Waals surface area contributed by atoms with E-state index in [1.165, 1.54) is 0 Å². The van der Waals surface area contributed by atoms with Crippen molar-refractivity contribution < 1.29 is 0 Å². The maximum atomic E-state index is 5.44. The second-order valence-electron chi connectivity index (χ2n) is 12.2. The van der Waals surface area contributed by atoms with E-state index >= 15 is 0 Å². The van der Waals surface area contributed by atoms with Crippen molar-refractivity contribution in [1.29, 1.82) is 0 Å². The third-order valence-electron chi connectivity index (χ3n) is 9.16. The molecule has 7 aromatic rings. The molecule has 9 rings (SSSR count). The van der Waals surface area contributed by atoms with Gasteiger partial charge in [0.05, 0.1) is 31.7 Å². The molecule has 0 aliphatic carbocycles. The summed E-state index contributed by atoms with van der Waals surface area (Å²) in [6.45, 7) is 0. The molecule has 4 nitrogen and oxygen atoms in total. The zero-order valence-corrected chi connectivity index (χ0v) is 29.8. The Morgan fingerprint density at radius 1 is 0.340 bits per heavy atom. The van der Waals surface area contributed by atoms with Gasteiger partial charge in [-0.2, -0.15) is 0 Å². The van der Waals surface area contributed by atoms with Crippen LogP contribution in [0.1, 0.15) is 22.8 Å². The quantitative estimate of drug-likeness (QED) is 0.187. The van der Waals surface area contributed by atoms with E-state index in [0.717, 1.165) is 98.3 Å². The van der Waals surface area contributed by atoms with E-state index in [1.54, 1.807) is 0 Å². The third-order valence-corrected chi connectivity index (χ3v) is 11.2. The second kappa shape index (κ2) is 12.7. The van der Waals surface area contributed by atoms with E-state index in [9.17, 15) is 0 Å². The molecule has 2 aliphatic heterocycles. The lowest BCUT2D eigenvalue weighted by atomic mass is 10.0. The number of rotatable bonds is 4. The number of aromatic amines is 2. The molecule has 0 spiro atoms. The lowest BCUT2D eigenvalue weighted by molar-refractivity contribution is 1.27. The highest BCUT2D eigenvalue weighted by atomic mass is 79.9. The van der Waals surface area contributed by atoms with Crippen molar-refractivity contribution in [2.24, 2.45) is 0 Å². The monoisotopic (exact) mass is 770 g/mol. The van der Waals surface area contributed by atoms with Crippen LogP contribution in [0.2, 0.25) is 0 Å². The van der Waals surface area contributed by atoms with Crippen LogP contribution in [0.3, 0.4) is 0 Å². The summed E-state index contributed by atoms with van der Waals surface area (Å²) in [5.74, 6) is 0. The lowest BCUT2D eigenvalue weighted by Gasteiger charge is -2.07. The van der Waals surface area contributed by atoms with Gasteiger partial charge in [-0.05, 0) is 90.5 Å². The van der Waals surface area contributed by atoms with E-state index in [1.807, 2.05) is 18.2 Å². The van der Waals surface area contributed by atoms with Crippen LogP contribution < -0.4 is 0 Å². The van der Waals surface area contributed by atoms with E-state index in [0.29, 0.717) is 0 Å². The maximum absolute atomic E-state index is 5.44. The van der Waals surface area contributed by atoms with Crippen LogP contribution >= 0.6 is 31.9 Å². The van der Waals surface area contributed by atoms with Crippen LogP contribution in [0.15, 0.2) is 146 Å².